The molecule has 40 heavy (non-hydrogen) atoms. The number of benzene rings is 2. The molecule has 10 heteroatoms. The molecule has 6 nitrogen and oxygen atoms in total. The normalized spacial score (nSPS) is 12.4. The second kappa shape index (κ2) is 12.2. The maximum absolute atomic E-state index is 13.1. The van der Waals surface area contributed by atoms with E-state index >= 15 is 0 Å². The van der Waals surface area contributed by atoms with Gasteiger partial charge in [0.2, 0.25) is 0 Å². The molecular formula is C30H29F4N3O3. The van der Waals surface area contributed by atoms with E-state index in [1.165, 1.54) is 30.6 Å². The summed E-state index contributed by atoms with van der Waals surface area (Å²) >= 11 is 0. The van der Waals surface area contributed by atoms with Gasteiger partial charge in [0.25, 0.3) is 0 Å². The van der Waals surface area contributed by atoms with Crippen LogP contribution in [0.4, 0.5) is 23.4 Å². The van der Waals surface area contributed by atoms with E-state index in [0.717, 1.165) is 22.3 Å². The first-order valence-corrected chi connectivity index (χ1v) is 12.5. The van der Waals surface area contributed by atoms with Crippen molar-refractivity contribution in [2.75, 3.05) is 5.32 Å². The first kappa shape index (κ1) is 28.7. The second-order valence-corrected chi connectivity index (χ2v) is 9.83. The van der Waals surface area contributed by atoms with E-state index in [9.17, 15) is 22.8 Å². The number of rotatable bonds is 11. The van der Waals surface area contributed by atoms with Crippen LogP contribution in [0, 0.1) is 12.1 Å². The van der Waals surface area contributed by atoms with Gasteiger partial charge in [-0.05, 0) is 73.2 Å². The number of halogens is 4. The van der Waals surface area contributed by atoms with Gasteiger partial charge in [-0.1, -0.05) is 36.4 Å². The minimum Gasteiger partial charge on any atom is -0.619 e. The third-order valence-electron chi connectivity index (χ3n) is 6.56. The van der Waals surface area contributed by atoms with E-state index in [1.807, 2.05) is 37.3 Å². The van der Waals surface area contributed by atoms with Crippen LogP contribution in [0.2, 0.25) is 0 Å². The number of nitrogens with zero attached hydrogens (tertiary/aromatic N) is 2. The van der Waals surface area contributed by atoms with E-state index in [-0.39, 0.29) is 0 Å². The number of aromatic nitrogens is 2. The summed E-state index contributed by atoms with van der Waals surface area (Å²) in [5.41, 5.74) is 3.89. The monoisotopic (exact) mass is 555 g/mol. The molecule has 0 bridgehead atoms. The van der Waals surface area contributed by atoms with E-state index in [4.69, 9.17) is 0 Å². The molecule has 210 valence electrons. The van der Waals surface area contributed by atoms with Crippen molar-refractivity contribution in [2.45, 2.75) is 51.9 Å². The van der Waals surface area contributed by atoms with Gasteiger partial charge in [0, 0.05) is 24.2 Å². The Labute approximate surface area is 229 Å². The van der Waals surface area contributed by atoms with Gasteiger partial charge in [-0.25, -0.2) is 4.98 Å². The second-order valence-electron chi connectivity index (χ2n) is 9.83. The van der Waals surface area contributed by atoms with E-state index in [0.29, 0.717) is 22.5 Å². The molecule has 4 aromatic rings. The number of nitrogens with one attached hydrogen (secondary N) is 1. The minimum atomic E-state index is -3.24. The fourth-order valence-electron chi connectivity index (χ4n) is 4.71. The summed E-state index contributed by atoms with van der Waals surface area (Å²) in [5, 5.41) is 15.0. The van der Waals surface area contributed by atoms with Crippen LogP contribution in [-0.4, -0.2) is 18.2 Å². The zero-order valence-corrected chi connectivity index (χ0v) is 22.2. The lowest BCUT2D eigenvalue weighted by Gasteiger charge is -2.29. The Balaban J connectivity index is 1.68. The molecule has 4 rings (SSSR count). The summed E-state index contributed by atoms with van der Waals surface area (Å²) in [7, 11) is 0. The fraction of sp³-hybridized carbons (Fsp3) is 0.267. The lowest BCUT2D eigenvalue weighted by Crippen LogP contribution is -2.29. The van der Waals surface area contributed by atoms with Crippen molar-refractivity contribution in [1.29, 1.82) is 0 Å². The minimum absolute atomic E-state index is 0.368. The van der Waals surface area contributed by atoms with Crippen molar-refractivity contribution in [1.82, 2.24) is 4.98 Å². The molecule has 2 heterocycles. The predicted molar refractivity (Wildman–Crippen MR) is 143 cm³/mol. The molecule has 0 aliphatic carbocycles. The van der Waals surface area contributed by atoms with Gasteiger partial charge < -0.3 is 20.0 Å². The Morgan fingerprint density at radius 2 is 1.52 bits per heavy atom. The highest BCUT2D eigenvalue weighted by atomic mass is 19.3. The van der Waals surface area contributed by atoms with Crippen LogP contribution in [0.15, 0.2) is 85.3 Å². The maximum Gasteiger partial charge on any atom is 0.387 e. The van der Waals surface area contributed by atoms with Crippen molar-refractivity contribution in [3.8, 4) is 11.5 Å². The lowest BCUT2D eigenvalue weighted by molar-refractivity contribution is -0.605. The Morgan fingerprint density at radius 3 is 2.15 bits per heavy atom. The van der Waals surface area contributed by atoms with E-state index < -0.39 is 36.2 Å². The van der Waals surface area contributed by atoms with E-state index in [1.54, 1.807) is 18.3 Å². The maximum atomic E-state index is 13.1. The number of hydrogen-bond acceptors (Lipinski definition) is 5. The van der Waals surface area contributed by atoms with Gasteiger partial charge in [0.1, 0.15) is 5.82 Å². The number of hydrogen-bond donors (Lipinski definition) is 1. The highest BCUT2D eigenvalue weighted by Gasteiger charge is 2.24. The molecule has 2 aromatic carbocycles. The van der Waals surface area contributed by atoms with Crippen LogP contribution in [0.3, 0.4) is 0 Å². The molecule has 0 fully saturated rings. The summed E-state index contributed by atoms with van der Waals surface area (Å²) in [6.07, 6.45) is 4.76. The van der Waals surface area contributed by atoms with Crippen LogP contribution in [0.5, 0.6) is 11.5 Å². The number of anilines is 1. The van der Waals surface area contributed by atoms with Crippen LogP contribution < -0.4 is 19.5 Å². The summed E-state index contributed by atoms with van der Waals surface area (Å²) in [6.45, 7) is -0.295. The van der Waals surface area contributed by atoms with Crippen molar-refractivity contribution in [3.63, 3.8) is 0 Å². The van der Waals surface area contributed by atoms with Gasteiger partial charge in [-0.3, -0.25) is 0 Å². The van der Waals surface area contributed by atoms with Crippen molar-refractivity contribution in [3.05, 3.63) is 118 Å². The van der Waals surface area contributed by atoms with Crippen LogP contribution in [0.25, 0.3) is 0 Å². The van der Waals surface area contributed by atoms with Gasteiger partial charge >= 0.3 is 13.2 Å². The summed E-state index contributed by atoms with van der Waals surface area (Å²) in [4.78, 5) is 4.61. The highest BCUT2D eigenvalue weighted by molar-refractivity contribution is 5.49. The summed E-state index contributed by atoms with van der Waals surface area (Å²) < 4.78 is 61.4. The SMILES string of the molecule is Cc1ccccc1C(C)(C)Nc1ccc(C(Cc2cc[n+]([O-])cc2)c2ccc(OC(F)F)c(OC(F)F)c2)cn1. The average molecular weight is 556 g/mol. The molecule has 0 aliphatic heterocycles. The largest absolute Gasteiger partial charge is 0.619 e. The molecule has 0 amide bonds. The third kappa shape index (κ3) is 7.19. The number of alkyl halides is 4. The van der Waals surface area contributed by atoms with Crippen LogP contribution in [0.1, 0.15) is 47.6 Å². The lowest BCUT2D eigenvalue weighted by atomic mass is 9.86. The Hall–Kier alpha value is -4.34. The van der Waals surface area contributed by atoms with Crippen molar-refractivity contribution >= 4 is 5.82 Å². The molecule has 1 atom stereocenters. The van der Waals surface area contributed by atoms with Gasteiger partial charge in [-0.15, -0.1) is 0 Å². The Kier molecular flexibility index (Phi) is 8.77. The van der Waals surface area contributed by atoms with Gasteiger partial charge in [0.15, 0.2) is 23.9 Å². The summed E-state index contributed by atoms with van der Waals surface area (Å²) in [5.74, 6) is -0.810. The fourth-order valence-corrected chi connectivity index (χ4v) is 4.71. The van der Waals surface area contributed by atoms with Crippen LogP contribution in [-0.2, 0) is 12.0 Å². The van der Waals surface area contributed by atoms with E-state index in [2.05, 4.69) is 39.7 Å². The molecule has 0 saturated heterocycles. The van der Waals surface area contributed by atoms with Crippen molar-refractivity contribution < 1.29 is 31.8 Å². The molecule has 0 radical (unpaired) electrons. The average Bonchev–Trinajstić information content (AvgIpc) is 2.89. The number of ether oxygens (including phenoxy) is 2. The molecule has 0 saturated carbocycles. The molecule has 2 aromatic heterocycles. The number of aryl methyl sites for hydroxylation is 1. The first-order chi connectivity index (χ1) is 19.0. The van der Waals surface area contributed by atoms with Crippen molar-refractivity contribution in [2.24, 2.45) is 0 Å². The van der Waals surface area contributed by atoms with Crippen LogP contribution >= 0.6 is 0 Å². The topological polar surface area (TPSA) is 70.3 Å². The molecule has 0 spiro atoms. The smallest absolute Gasteiger partial charge is 0.387 e. The third-order valence-corrected chi connectivity index (χ3v) is 6.56. The Morgan fingerprint density at radius 1 is 0.875 bits per heavy atom. The molecule has 0 aliphatic rings. The van der Waals surface area contributed by atoms with Gasteiger partial charge in [-0.2, -0.15) is 22.3 Å². The summed E-state index contributed by atoms with van der Waals surface area (Å²) in [6, 6.07) is 19.0. The zero-order valence-electron chi connectivity index (χ0n) is 22.2. The molecule has 1 N–H and O–H groups in total. The molecule has 1 unspecified atom stereocenters. The molecular weight excluding hydrogens is 526 g/mol. The zero-order chi connectivity index (χ0) is 28.9. The first-order valence-electron chi connectivity index (χ1n) is 12.5. The highest BCUT2D eigenvalue weighted by Crippen LogP contribution is 2.37. The Bertz CT molecular complexity index is 1410. The van der Waals surface area contributed by atoms with Gasteiger partial charge in [0.05, 0.1) is 5.54 Å². The quantitative estimate of drug-likeness (QED) is 0.123. The standard InChI is InChI=1S/C30H29F4N3O3/c1-19-6-4-5-7-24(19)30(2,3)36-27-11-9-22(18-35-27)23(16-20-12-14-37(38)15-13-20)21-8-10-25(39-28(31)32)26(17-21)40-29(33)34/h4-15,17-18,23,28-29H,16H2,1-3H3,(H,35,36). The number of pyridine rings is 2. The predicted octanol–water partition coefficient (Wildman–Crippen LogP) is 6.95.